The molecule has 4 unspecified atom stereocenters. The Morgan fingerprint density at radius 3 is 2.72 bits per heavy atom. The number of morpholine rings is 1. The van der Waals surface area contributed by atoms with Crippen molar-refractivity contribution in [1.29, 1.82) is 0 Å². The molecule has 4 atom stereocenters. The summed E-state index contributed by atoms with van der Waals surface area (Å²) in [6, 6.07) is 5.43. The molecule has 10 nitrogen and oxygen atoms in total. The lowest BCUT2D eigenvalue weighted by Gasteiger charge is -2.33. The fraction of sp³-hybridized carbons (Fsp3) is 0.600. The van der Waals surface area contributed by atoms with E-state index in [0.29, 0.717) is 57.1 Å². The molecule has 3 fully saturated rings. The van der Waals surface area contributed by atoms with E-state index in [2.05, 4.69) is 20.2 Å². The fourth-order valence-electron chi connectivity index (χ4n) is 7.35. The van der Waals surface area contributed by atoms with Gasteiger partial charge in [0, 0.05) is 38.1 Å². The molecule has 1 saturated heterocycles. The maximum Gasteiger partial charge on any atom is 0.434 e. The van der Waals surface area contributed by atoms with E-state index in [9.17, 15) is 27.9 Å². The van der Waals surface area contributed by atoms with Gasteiger partial charge in [-0.1, -0.05) is 6.92 Å². The number of fused-ring (bicyclic) bond motifs is 3. The number of alkyl halides is 3. The number of halogens is 3. The van der Waals surface area contributed by atoms with Crippen molar-refractivity contribution in [3.05, 3.63) is 41.2 Å². The summed E-state index contributed by atoms with van der Waals surface area (Å²) in [4.78, 5) is 37.6. The van der Waals surface area contributed by atoms with Gasteiger partial charge in [0.1, 0.15) is 17.9 Å². The second-order valence-corrected chi connectivity index (χ2v) is 12.2. The van der Waals surface area contributed by atoms with Gasteiger partial charge in [0.05, 0.1) is 18.8 Å². The van der Waals surface area contributed by atoms with Crippen LogP contribution in [0.4, 0.5) is 24.8 Å². The van der Waals surface area contributed by atoms with Crippen LogP contribution in [0.5, 0.6) is 5.75 Å². The average Bonchev–Trinajstić information content (AvgIpc) is 3.50. The Bertz CT molecular complexity index is 1380. The number of aromatic nitrogens is 2. The van der Waals surface area contributed by atoms with E-state index in [1.165, 1.54) is 0 Å². The Hall–Kier alpha value is -3.45. The van der Waals surface area contributed by atoms with E-state index in [1.54, 1.807) is 17.0 Å². The molecule has 13 heteroatoms. The third kappa shape index (κ3) is 5.88. The number of rotatable bonds is 8. The number of carbonyl (C=O) groups excluding carboxylic acids is 1. The van der Waals surface area contributed by atoms with Crippen molar-refractivity contribution in [2.45, 2.75) is 50.7 Å². The predicted molar refractivity (Wildman–Crippen MR) is 149 cm³/mol. The van der Waals surface area contributed by atoms with Crippen LogP contribution in [0.3, 0.4) is 0 Å². The SMILES string of the molecule is CC1CC2CC(C1)C(NC(=O)c1cnc(N3CCc4cc(OCCN5CCOCC5)ccc43)nc1C(F)(F)F)(C(=O)O)C2. The zero-order chi connectivity index (χ0) is 30.4. The molecule has 2 aliphatic carbocycles. The van der Waals surface area contributed by atoms with Gasteiger partial charge in [-0.05, 0) is 73.6 Å². The van der Waals surface area contributed by atoms with Gasteiger partial charge in [0.25, 0.3) is 5.91 Å². The van der Waals surface area contributed by atoms with Gasteiger partial charge >= 0.3 is 12.1 Å². The summed E-state index contributed by atoms with van der Waals surface area (Å²) in [7, 11) is 0. The highest BCUT2D eigenvalue weighted by atomic mass is 19.4. The molecule has 2 aliphatic heterocycles. The smallest absolute Gasteiger partial charge is 0.434 e. The number of nitrogens with one attached hydrogen (secondary N) is 1. The zero-order valence-corrected chi connectivity index (χ0v) is 24.0. The lowest BCUT2D eigenvalue weighted by Crippen LogP contribution is -2.57. The maximum atomic E-state index is 14.3. The largest absolute Gasteiger partial charge is 0.492 e. The van der Waals surface area contributed by atoms with Gasteiger partial charge in [-0.25, -0.2) is 14.8 Å². The molecule has 2 N–H and O–H groups in total. The molecule has 6 rings (SSSR count). The minimum Gasteiger partial charge on any atom is -0.492 e. The Balaban J connectivity index is 1.20. The topological polar surface area (TPSA) is 117 Å². The van der Waals surface area contributed by atoms with E-state index >= 15 is 0 Å². The summed E-state index contributed by atoms with van der Waals surface area (Å²) in [6.45, 7) is 6.82. The van der Waals surface area contributed by atoms with E-state index in [1.807, 2.05) is 13.0 Å². The van der Waals surface area contributed by atoms with Gasteiger partial charge in [0.2, 0.25) is 5.95 Å². The van der Waals surface area contributed by atoms with E-state index < -0.39 is 34.8 Å². The van der Waals surface area contributed by atoms with Gasteiger partial charge in [-0.2, -0.15) is 13.2 Å². The molecule has 1 amide bonds. The summed E-state index contributed by atoms with van der Waals surface area (Å²) in [5, 5.41) is 12.6. The summed E-state index contributed by atoms with van der Waals surface area (Å²) < 4.78 is 54.1. The summed E-state index contributed by atoms with van der Waals surface area (Å²) in [6.07, 6.45) is -1.26. The Morgan fingerprint density at radius 1 is 1.19 bits per heavy atom. The molecule has 0 radical (unpaired) electrons. The number of nitrogens with zero attached hydrogens (tertiary/aromatic N) is 4. The van der Waals surface area contributed by atoms with Crippen LogP contribution in [0, 0.1) is 17.8 Å². The molecule has 0 spiro atoms. The van der Waals surface area contributed by atoms with Crippen LogP contribution in [0.1, 0.15) is 54.2 Å². The quantitative estimate of drug-likeness (QED) is 0.463. The minimum absolute atomic E-state index is 0.108. The Labute approximate surface area is 247 Å². The number of benzene rings is 1. The van der Waals surface area contributed by atoms with Gasteiger partial charge < -0.3 is 24.8 Å². The van der Waals surface area contributed by atoms with Gasteiger partial charge in [-0.15, -0.1) is 0 Å². The van der Waals surface area contributed by atoms with E-state index in [-0.39, 0.29) is 30.1 Å². The number of anilines is 2. The second-order valence-electron chi connectivity index (χ2n) is 12.2. The average molecular weight is 604 g/mol. The fourth-order valence-corrected chi connectivity index (χ4v) is 7.35. The predicted octanol–water partition coefficient (Wildman–Crippen LogP) is 3.91. The van der Waals surface area contributed by atoms with Crippen LogP contribution in [0.15, 0.2) is 24.4 Å². The van der Waals surface area contributed by atoms with Crippen LogP contribution in [0.2, 0.25) is 0 Å². The van der Waals surface area contributed by atoms with Crippen molar-refractivity contribution in [2.24, 2.45) is 17.8 Å². The van der Waals surface area contributed by atoms with Crippen LogP contribution in [0.25, 0.3) is 0 Å². The van der Waals surface area contributed by atoms with Gasteiger partial charge in [-0.3, -0.25) is 9.69 Å². The molecule has 2 saturated carbocycles. The number of aliphatic carboxylic acids is 1. The first-order valence-electron chi connectivity index (χ1n) is 14.9. The maximum absolute atomic E-state index is 14.3. The molecule has 1 aromatic heterocycles. The first-order chi connectivity index (χ1) is 20.5. The number of carboxylic acid groups (broad SMARTS) is 1. The zero-order valence-electron chi connectivity index (χ0n) is 24.0. The van der Waals surface area contributed by atoms with Crippen molar-refractivity contribution in [3.63, 3.8) is 0 Å². The van der Waals surface area contributed by atoms with E-state index in [0.717, 1.165) is 37.8 Å². The molecule has 1 aromatic carbocycles. The third-order valence-corrected chi connectivity index (χ3v) is 9.32. The highest BCUT2D eigenvalue weighted by molar-refractivity contribution is 5.99. The number of carboxylic acids is 1. The standard InChI is InChI=1S/C30H36F3N5O5/c1-18-12-19-14-21(13-18)29(16-19,27(40)41)36-26(39)23-17-34-28(35-25(23)30(31,32)33)38-5-4-20-15-22(2-3-24(20)38)43-11-8-37-6-9-42-10-7-37/h2-3,15,17-19,21H,4-14,16H2,1H3,(H,36,39)(H,40,41). The second kappa shape index (κ2) is 11.6. The molecule has 232 valence electrons. The summed E-state index contributed by atoms with van der Waals surface area (Å²) in [5.74, 6) is -1.79. The summed E-state index contributed by atoms with van der Waals surface area (Å²) >= 11 is 0. The van der Waals surface area contributed by atoms with Gasteiger partial charge in [0.15, 0.2) is 5.69 Å². The van der Waals surface area contributed by atoms with Crippen molar-refractivity contribution in [3.8, 4) is 5.75 Å². The van der Waals surface area contributed by atoms with Crippen LogP contribution >= 0.6 is 0 Å². The first-order valence-corrected chi connectivity index (χ1v) is 14.9. The molecular formula is C30H36F3N5O5. The van der Waals surface area contributed by atoms with Crippen molar-refractivity contribution in [1.82, 2.24) is 20.2 Å². The first kappa shape index (κ1) is 29.6. The van der Waals surface area contributed by atoms with Crippen molar-refractivity contribution in [2.75, 3.05) is 50.9 Å². The lowest BCUT2D eigenvalue weighted by atomic mass is 9.78. The highest BCUT2D eigenvalue weighted by Gasteiger charge is 2.56. The molecule has 3 heterocycles. The number of ether oxygens (including phenoxy) is 2. The monoisotopic (exact) mass is 603 g/mol. The molecule has 2 aromatic rings. The van der Waals surface area contributed by atoms with E-state index in [4.69, 9.17) is 9.47 Å². The molecular weight excluding hydrogens is 567 g/mol. The third-order valence-electron chi connectivity index (χ3n) is 9.32. The normalized spacial score (nSPS) is 27.2. The lowest BCUT2D eigenvalue weighted by molar-refractivity contribution is -0.146. The Kier molecular flexibility index (Phi) is 7.97. The Morgan fingerprint density at radius 2 is 1.98 bits per heavy atom. The number of carbonyl (C=O) groups is 2. The molecule has 43 heavy (non-hydrogen) atoms. The summed E-state index contributed by atoms with van der Waals surface area (Å²) in [5.41, 5.74) is -2.21. The highest BCUT2D eigenvalue weighted by Crippen LogP contribution is 2.50. The van der Waals surface area contributed by atoms with Crippen LogP contribution < -0.4 is 15.0 Å². The van der Waals surface area contributed by atoms with Crippen LogP contribution in [-0.2, 0) is 22.1 Å². The minimum atomic E-state index is -4.96. The molecule has 4 aliphatic rings. The van der Waals surface area contributed by atoms with Crippen molar-refractivity contribution < 1.29 is 37.3 Å². The van der Waals surface area contributed by atoms with Crippen molar-refractivity contribution >= 4 is 23.5 Å². The molecule has 2 bridgehead atoms. The number of hydrogen-bond acceptors (Lipinski definition) is 8. The number of amides is 1. The van der Waals surface area contributed by atoms with Crippen LogP contribution in [-0.4, -0.2) is 83.4 Å². The number of hydrogen-bond donors (Lipinski definition) is 2.